The summed E-state index contributed by atoms with van der Waals surface area (Å²) in [5.41, 5.74) is 1.09. The number of halogens is 3. The normalized spacial score (nSPS) is 16.0. The summed E-state index contributed by atoms with van der Waals surface area (Å²) in [6.45, 7) is 6.14. The molecule has 162 valence electrons. The molecule has 2 N–H and O–H groups in total. The number of alkyl halides is 3. The molecule has 0 saturated heterocycles. The number of rotatable bonds is 5. The highest BCUT2D eigenvalue weighted by Crippen LogP contribution is 2.54. The lowest BCUT2D eigenvalue weighted by molar-refractivity contribution is -0.262. The van der Waals surface area contributed by atoms with Crippen LogP contribution in [0.5, 0.6) is 0 Å². The van der Waals surface area contributed by atoms with Crippen LogP contribution in [0.4, 0.5) is 24.5 Å². The van der Waals surface area contributed by atoms with Crippen molar-refractivity contribution in [1.82, 2.24) is 5.06 Å². The van der Waals surface area contributed by atoms with Gasteiger partial charge in [-0.15, -0.1) is 0 Å². The van der Waals surface area contributed by atoms with Crippen LogP contribution in [0, 0.1) is 5.41 Å². The lowest BCUT2D eigenvalue weighted by Gasteiger charge is -2.42. The van der Waals surface area contributed by atoms with Crippen molar-refractivity contribution in [3.63, 3.8) is 0 Å². The third-order valence-electron chi connectivity index (χ3n) is 5.72. The van der Waals surface area contributed by atoms with E-state index >= 15 is 0 Å². The summed E-state index contributed by atoms with van der Waals surface area (Å²) in [5, 5.41) is 13.5. The fraction of sp³-hybridized carbons (Fsp3) is 0.435. The van der Waals surface area contributed by atoms with E-state index in [1.165, 1.54) is 5.56 Å². The van der Waals surface area contributed by atoms with Gasteiger partial charge in [0.25, 0.3) is 5.91 Å². The van der Waals surface area contributed by atoms with Crippen LogP contribution in [0.25, 0.3) is 0 Å². The predicted octanol–water partition coefficient (Wildman–Crippen LogP) is 6.18. The number of amides is 1. The molecule has 1 amide bonds. The Kier molecular flexibility index (Phi) is 5.87. The Labute approximate surface area is 174 Å². The number of carbonyl (C=O) groups is 1. The van der Waals surface area contributed by atoms with E-state index in [9.17, 15) is 23.2 Å². The third kappa shape index (κ3) is 4.46. The molecule has 0 radical (unpaired) electrons. The Morgan fingerprint density at radius 2 is 1.50 bits per heavy atom. The highest BCUT2D eigenvalue weighted by molar-refractivity contribution is 5.83. The summed E-state index contributed by atoms with van der Waals surface area (Å²) in [5.74, 6) is -1.28. The average Bonchev–Trinajstić information content (AvgIpc) is 2.60. The van der Waals surface area contributed by atoms with Crippen LogP contribution >= 0.6 is 0 Å². The van der Waals surface area contributed by atoms with Crippen molar-refractivity contribution in [2.24, 2.45) is 5.41 Å². The molecule has 0 unspecified atom stereocenters. The van der Waals surface area contributed by atoms with Crippen LogP contribution in [-0.4, -0.2) is 22.4 Å². The molecule has 1 aliphatic rings. The second-order valence-electron chi connectivity index (χ2n) is 8.95. The van der Waals surface area contributed by atoms with Crippen molar-refractivity contribution in [3.8, 4) is 0 Å². The molecule has 0 atom stereocenters. The molecule has 0 heterocycles. The Balaban J connectivity index is 1.62. The van der Waals surface area contributed by atoms with Crippen LogP contribution in [0.1, 0.15) is 51.2 Å². The maximum absolute atomic E-state index is 13.3. The van der Waals surface area contributed by atoms with Gasteiger partial charge < -0.3 is 5.32 Å². The Morgan fingerprint density at radius 1 is 1.00 bits per heavy atom. The van der Waals surface area contributed by atoms with Gasteiger partial charge in [0.1, 0.15) is 5.41 Å². The second kappa shape index (κ2) is 7.95. The van der Waals surface area contributed by atoms with Crippen molar-refractivity contribution in [1.29, 1.82) is 0 Å². The minimum atomic E-state index is -4.65. The van der Waals surface area contributed by atoms with Crippen LogP contribution < -0.4 is 5.32 Å². The minimum Gasteiger partial charge on any atom is -0.356 e. The molecule has 7 heteroatoms. The van der Waals surface area contributed by atoms with Gasteiger partial charge in [0.15, 0.2) is 0 Å². The molecule has 3 rings (SSSR count). The number of carbonyl (C=O) groups excluding carboxylic acids is 1. The first-order chi connectivity index (χ1) is 13.9. The Morgan fingerprint density at radius 3 is 1.90 bits per heavy atom. The average molecular weight is 420 g/mol. The zero-order valence-corrected chi connectivity index (χ0v) is 17.4. The molecule has 1 aliphatic carbocycles. The fourth-order valence-electron chi connectivity index (χ4n) is 3.55. The molecule has 2 aromatic carbocycles. The van der Waals surface area contributed by atoms with Crippen LogP contribution in [-0.2, 0) is 16.8 Å². The minimum absolute atomic E-state index is 0.0674. The molecule has 1 fully saturated rings. The van der Waals surface area contributed by atoms with Crippen molar-refractivity contribution < 1.29 is 23.2 Å². The summed E-state index contributed by atoms with van der Waals surface area (Å²) in [6, 6.07) is 14.9. The van der Waals surface area contributed by atoms with Crippen molar-refractivity contribution >= 4 is 17.3 Å². The van der Waals surface area contributed by atoms with E-state index < -0.39 is 17.5 Å². The van der Waals surface area contributed by atoms with Gasteiger partial charge in [-0.25, -0.2) is 5.06 Å². The molecule has 0 aliphatic heterocycles. The van der Waals surface area contributed by atoms with E-state index in [4.69, 9.17) is 0 Å². The maximum atomic E-state index is 13.3. The zero-order valence-electron chi connectivity index (χ0n) is 17.4. The topological polar surface area (TPSA) is 52.6 Å². The summed E-state index contributed by atoms with van der Waals surface area (Å²) in [6.07, 6.45) is -4.87. The molecule has 0 bridgehead atoms. The number of benzene rings is 2. The van der Waals surface area contributed by atoms with E-state index in [1.54, 1.807) is 24.3 Å². The molecular formula is C23H27F3N2O2. The number of anilines is 2. The zero-order chi connectivity index (χ0) is 22.2. The molecular weight excluding hydrogens is 393 g/mol. The van der Waals surface area contributed by atoms with E-state index in [1.807, 2.05) is 12.1 Å². The second-order valence-corrected chi connectivity index (χ2v) is 8.95. The van der Waals surface area contributed by atoms with E-state index in [-0.39, 0.29) is 29.9 Å². The lowest BCUT2D eigenvalue weighted by atomic mass is 9.67. The van der Waals surface area contributed by atoms with Gasteiger partial charge >= 0.3 is 6.18 Å². The molecule has 0 spiro atoms. The molecule has 2 aromatic rings. The largest absolute Gasteiger partial charge is 0.403 e. The lowest BCUT2D eigenvalue weighted by Crippen LogP contribution is -2.55. The highest BCUT2D eigenvalue weighted by Gasteiger charge is 2.64. The number of nitrogens with zero attached hydrogens (tertiary/aromatic N) is 1. The van der Waals surface area contributed by atoms with Crippen LogP contribution in [0.15, 0.2) is 48.5 Å². The third-order valence-corrected chi connectivity index (χ3v) is 5.72. The summed E-state index contributed by atoms with van der Waals surface area (Å²) in [7, 11) is 0. The monoisotopic (exact) mass is 420 g/mol. The smallest absolute Gasteiger partial charge is 0.356 e. The number of hydroxylamine groups is 2. The highest BCUT2D eigenvalue weighted by atomic mass is 19.4. The van der Waals surface area contributed by atoms with Gasteiger partial charge in [0.05, 0.1) is 6.54 Å². The number of hydrogen-bond donors (Lipinski definition) is 2. The first-order valence-electron chi connectivity index (χ1n) is 9.96. The van der Waals surface area contributed by atoms with Gasteiger partial charge in [0.2, 0.25) is 0 Å². The van der Waals surface area contributed by atoms with Gasteiger partial charge in [-0.05, 0) is 53.6 Å². The SMILES string of the molecule is CC(C)(C)c1ccc(Nc2ccc(CN(O)C(=O)C3(C(F)(F)F)CCC3)cc2)cc1. The predicted molar refractivity (Wildman–Crippen MR) is 110 cm³/mol. The fourth-order valence-corrected chi connectivity index (χ4v) is 3.55. The maximum Gasteiger partial charge on any atom is 0.403 e. The van der Waals surface area contributed by atoms with Gasteiger partial charge in [-0.1, -0.05) is 51.5 Å². The Hall–Kier alpha value is -2.54. The first-order valence-corrected chi connectivity index (χ1v) is 9.96. The van der Waals surface area contributed by atoms with E-state index in [0.29, 0.717) is 12.0 Å². The standard InChI is InChI=1S/C23H27F3N2O2/c1-21(2,3)17-7-11-19(12-8-17)27-18-9-5-16(6-10-18)15-28(30)20(29)22(13-4-14-22)23(24,25)26/h5-12,27,30H,4,13-15H2,1-3H3. The van der Waals surface area contributed by atoms with E-state index in [2.05, 4.69) is 38.2 Å². The van der Waals surface area contributed by atoms with Crippen molar-refractivity contribution in [2.45, 2.75) is 58.2 Å². The van der Waals surface area contributed by atoms with Crippen molar-refractivity contribution in [3.05, 3.63) is 59.7 Å². The van der Waals surface area contributed by atoms with Crippen LogP contribution in [0.2, 0.25) is 0 Å². The number of hydrogen-bond acceptors (Lipinski definition) is 3. The van der Waals surface area contributed by atoms with Crippen molar-refractivity contribution in [2.75, 3.05) is 5.32 Å². The molecule has 4 nitrogen and oxygen atoms in total. The summed E-state index contributed by atoms with van der Waals surface area (Å²) in [4.78, 5) is 12.2. The van der Waals surface area contributed by atoms with E-state index in [0.717, 1.165) is 11.4 Å². The van der Waals surface area contributed by atoms with Gasteiger partial charge in [-0.2, -0.15) is 13.2 Å². The Bertz CT molecular complexity index is 881. The quantitative estimate of drug-likeness (QED) is 0.449. The van der Waals surface area contributed by atoms with Crippen LogP contribution in [0.3, 0.4) is 0 Å². The molecule has 1 saturated carbocycles. The molecule has 0 aromatic heterocycles. The van der Waals surface area contributed by atoms with Gasteiger partial charge in [-0.3, -0.25) is 10.0 Å². The molecule has 30 heavy (non-hydrogen) atoms. The first kappa shape index (κ1) is 22.2. The van der Waals surface area contributed by atoms with Gasteiger partial charge in [0, 0.05) is 11.4 Å². The number of nitrogens with one attached hydrogen (secondary N) is 1. The summed E-state index contributed by atoms with van der Waals surface area (Å²) < 4.78 is 39.9. The summed E-state index contributed by atoms with van der Waals surface area (Å²) >= 11 is 0.